The fourth-order valence-electron chi connectivity index (χ4n) is 3.89. The number of hydrogen-bond donors (Lipinski definition) is 1. The molecule has 0 unspecified atom stereocenters. The van der Waals surface area contributed by atoms with E-state index < -0.39 is 0 Å². The molecule has 0 spiro atoms. The standard InChI is InChI=1S/C19H20FN3O.C3H7NO/c1-12-5-6-15(8-18(12)13-7-14(20)11-21-10-13)22-19(24)23-16-3-2-4-17(23)9-16;1-4(2)3-5/h5-8,10-11,16-17H,2-4,9H2,1H3,(H,22,24);3H,1-2H3/t16-,17+;. The molecule has 0 radical (unpaired) electrons. The zero-order valence-electron chi connectivity index (χ0n) is 17.1. The Hall–Kier alpha value is -2.96. The van der Waals surface area contributed by atoms with E-state index >= 15 is 0 Å². The second kappa shape index (κ2) is 9.03. The van der Waals surface area contributed by atoms with Crippen LogP contribution in [0.1, 0.15) is 31.2 Å². The average Bonchev–Trinajstić information content (AvgIpc) is 2.70. The van der Waals surface area contributed by atoms with Gasteiger partial charge in [-0.2, -0.15) is 0 Å². The number of carbonyl (C=O) groups is 2. The average molecular weight is 398 g/mol. The first-order valence-electron chi connectivity index (χ1n) is 9.81. The van der Waals surface area contributed by atoms with Crippen molar-refractivity contribution in [2.75, 3.05) is 19.4 Å². The summed E-state index contributed by atoms with van der Waals surface area (Å²) < 4.78 is 13.4. The maximum Gasteiger partial charge on any atom is 0.322 e. The summed E-state index contributed by atoms with van der Waals surface area (Å²) in [4.78, 5) is 29.3. The van der Waals surface area contributed by atoms with Crippen molar-refractivity contribution in [2.24, 2.45) is 0 Å². The van der Waals surface area contributed by atoms with Gasteiger partial charge in [0.2, 0.25) is 6.41 Å². The molecule has 1 aromatic heterocycles. The van der Waals surface area contributed by atoms with Gasteiger partial charge in [0.1, 0.15) is 5.82 Å². The van der Waals surface area contributed by atoms with Crippen LogP contribution in [0.15, 0.2) is 36.7 Å². The van der Waals surface area contributed by atoms with Gasteiger partial charge in [0.15, 0.2) is 0 Å². The van der Waals surface area contributed by atoms with Gasteiger partial charge < -0.3 is 15.1 Å². The van der Waals surface area contributed by atoms with E-state index in [1.165, 1.54) is 23.6 Å². The molecule has 6 nitrogen and oxygen atoms in total. The first-order chi connectivity index (χ1) is 13.9. The number of pyridine rings is 1. The van der Waals surface area contributed by atoms with Crippen molar-refractivity contribution in [3.63, 3.8) is 0 Å². The number of urea groups is 1. The molecule has 2 fully saturated rings. The third-order valence-electron chi connectivity index (χ3n) is 5.36. The smallest absolute Gasteiger partial charge is 0.322 e. The molecule has 2 aliphatic heterocycles. The first kappa shape index (κ1) is 20.8. The Labute approximate surface area is 170 Å². The predicted molar refractivity (Wildman–Crippen MR) is 111 cm³/mol. The summed E-state index contributed by atoms with van der Waals surface area (Å²) >= 11 is 0. The Morgan fingerprint density at radius 3 is 2.52 bits per heavy atom. The molecular formula is C22H27FN4O2. The molecule has 2 atom stereocenters. The van der Waals surface area contributed by atoms with Crippen LogP contribution < -0.4 is 5.32 Å². The number of nitrogens with zero attached hydrogens (tertiary/aromatic N) is 3. The molecule has 2 aromatic rings. The topological polar surface area (TPSA) is 65.5 Å². The summed E-state index contributed by atoms with van der Waals surface area (Å²) in [5, 5.41) is 3.00. The maximum atomic E-state index is 13.4. The number of rotatable bonds is 3. The van der Waals surface area contributed by atoms with E-state index in [1.807, 2.05) is 30.0 Å². The molecule has 1 aromatic carbocycles. The number of fused-ring (bicyclic) bond motifs is 2. The van der Waals surface area contributed by atoms with E-state index in [0.29, 0.717) is 17.6 Å². The number of hydrogen-bond acceptors (Lipinski definition) is 3. The van der Waals surface area contributed by atoms with Gasteiger partial charge in [-0.25, -0.2) is 9.18 Å². The minimum Gasteiger partial charge on any atom is -0.351 e. The van der Waals surface area contributed by atoms with Crippen molar-refractivity contribution in [3.05, 3.63) is 48.0 Å². The maximum absolute atomic E-state index is 13.4. The van der Waals surface area contributed by atoms with Gasteiger partial charge in [0.25, 0.3) is 0 Å². The van der Waals surface area contributed by atoms with E-state index in [9.17, 15) is 14.0 Å². The molecule has 2 bridgehead atoms. The normalized spacial score (nSPS) is 19.4. The molecule has 4 rings (SSSR count). The number of nitrogens with one attached hydrogen (secondary N) is 1. The Morgan fingerprint density at radius 2 is 1.93 bits per heavy atom. The van der Waals surface area contributed by atoms with Crippen molar-refractivity contribution in [1.82, 2.24) is 14.8 Å². The van der Waals surface area contributed by atoms with E-state index in [-0.39, 0.29) is 11.8 Å². The Morgan fingerprint density at radius 1 is 1.24 bits per heavy atom. The number of halogens is 1. The highest BCUT2D eigenvalue weighted by Gasteiger charge is 2.44. The highest BCUT2D eigenvalue weighted by atomic mass is 19.1. The minimum absolute atomic E-state index is 0.0249. The summed E-state index contributed by atoms with van der Waals surface area (Å²) in [6.07, 6.45) is 8.15. The van der Waals surface area contributed by atoms with Crippen molar-refractivity contribution >= 4 is 18.1 Å². The molecule has 2 aliphatic rings. The number of aromatic nitrogens is 1. The highest BCUT2D eigenvalue weighted by molar-refractivity contribution is 5.91. The van der Waals surface area contributed by atoms with Gasteiger partial charge in [0, 0.05) is 43.6 Å². The quantitative estimate of drug-likeness (QED) is 0.793. The van der Waals surface area contributed by atoms with E-state index in [2.05, 4.69) is 10.3 Å². The lowest BCUT2D eigenvalue weighted by Gasteiger charge is -2.52. The second-order valence-corrected chi connectivity index (χ2v) is 7.80. The van der Waals surface area contributed by atoms with Crippen LogP contribution in [-0.2, 0) is 4.79 Å². The predicted octanol–water partition coefficient (Wildman–Crippen LogP) is 4.06. The van der Waals surface area contributed by atoms with Crippen molar-refractivity contribution < 1.29 is 14.0 Å². The fraction of sp³-hybridized carbons (Fsp3) is 0.409. The Balaban J connectivity index is 0.000000431. The van der Waals surface area contributed by atoms with Crippen LogP contribution in [0.5, 0.6) is 0 Å². The second-order valence-electron chi connectivity index (χ2n) is 7.80. The van der Waals surface area contributed by atoms with Gasteiger partial charge in [-0.15, -0.1) is 0 Å². The van der Waals surface area contributed by atoms with Gasteiger partial charge in [0.05, 0.1) is 6.20 Å². The monoisotopic (exact) mass is 398 g/mol. The zero-order valence-corrected chi connectivity index (χ0v) is 17.1. The Kier molecular flexibility index (Phi) is 6.46. The molecule has 154 valence electrons. The minimum atomic E-state index is -0.366. The molecule has 1 N–H and O–H groups in total. The number of anilines is 1. The Bertz CT molecular complexity index is 873. The van der Waals surface area contributed by atoms with Gasteiger partial charge in [-0.1, -0.05) is 6.07 Å². The van der Waals surface area contributed by atoms with Crippen LogP contribution in [0.25, 0.3) is 11.1 Å². The third-order valence-corrected chi connectivity index (χ3v) is 5.36. The van der Waals surface area contributed by atoms with Gasteiger partial charge >= 0.3 is 6.03 Å². The van der Waals surface area contributed by atoms with Crippen LogP contribution >= 0.6 is 0 Å². The van der Waals surface area contributed by atoms with Gasteiger partial charge in [-0.3, -0.25) is 9.78 Å². The van der Waals surface area contributed by atoms with E-state index in [4.69, 9.17) is 0 Å². The molecule has 29 heavy (non-hydrogen) atoms. The summed E-state index contributed by atoms with van der Waals surface area (Å²) in [5.74, 6) is -0.366. The molecule has 0 saturated carbocycles. The SMILES string of the molecule is CN(C)C=O.Cc1ccc(NC(=O)N2[C@@H]3CCC[C@H]2C3)cc1-c1cncc(F)c1. The van der Waals surface area contributed by atoms with Crippen LogP contribution in [0, 0.1) is 12.7 Å². The van der Waals surface area contributed by atoms with Crippen LogP contribution in [0.2, 0.25) is 0 Å². The van der Waals surface area contributed by atoms with E-state index in [1.54, 1.807) is 20.3 Å². The lowest BCUT2D eigenvalue weighted by Crippen LogP contribution is -2.62. The number of aryl methyl sites for hydroxylation is 1. The summed E-state index contributed by atoms with van der Waals surface area (Å²) in [6.45, 7) is 1.96. The van der Waals surface area contributed by atoms with Crippen LogP contribution in [-0.4, -0.2) is 53.4 Å². The lowest BCUT2D eigenvalue weighted by atomic mass is 9.80. The zero-order chi connectivity index (χ0) is 21.0. The summed E-state index contributed by atoms with van der Waals surface area (Å²) in [5.41, 5.74) is 3.34. The number of piperidine rings is 1. The largest absolute Gasteiger partial charge is 0.351 e. The third kappa shape index (κ3) is 4.91. The lowest BCUT2D eigenvalue weighted by molar-refractivity contribution is -0.115. The van der Waals surface area contributed by atoms with Crippen molar-refractivity contribution in [3.8, 4) is 11.1 Å². The molecule has 2 saturated heterocycles. The highest BCUT2D eigenvalue weighted by Crippen LogP contribution is 2.38. The molecule has 3 amide bonds. The molecule has 3 heterocycles. The van der Waals surface area contributed by atoms with Crippen LogP contribution in [0.3, 0.4) is 0 Å². The summed E-state index contributed by atoms with van der Waals surface area (Å²) in [7, 11) is 3.38. The first-order valence-corrected chi connectivity index (χ1v) is 9.81. The van der Waals surface area contributed by atoms with Crippen LogP contribution in [0.4, 0.5) is 14.9 Å². The number of carbonyl (C=O) groups excluding carboxylic acids is 2. The van der Waals surface area contributed by atoms with Crippen molar-refractivity contribution in [1.29, 1.82) is 0 Å². The molecule has 0 aliphatic carbocycles. The summed E-state index contributed by atoms with van der Waals surface area (Å²) in [6, 6.07) is 7.96. The number of benzene rings is 1. The van der Waals surface area contributed by atoms with Crippen molar-refractivity contribution in [2.45, 2.75) is 44.7 Å². The molecule has 7 heteroatoms. The molecular weight excluding hydrogens is 371 g/mol. The van der Waals surface area contributed by atoms with Gasteiger partial charge in [-0.05, 0) is 61.9 Å². The van der Waals surface area contributed by atoms with E-state index in [0.717, 1.165) is 42.5 Å². The number of amides is 3. The fourth-order valence-corrected chi connectivity index (χ4v) is 3.89.